The highest BCUT2D eigenvalue weighted by atomic mass is 16.6. The number of ether oxygens (including phenoxy) is 1. The molecular formula is C34H36N4O6. The SMILES string of the molecule is CC(=N[C@H](C(=O)O)[C@H](CC(=O)N1CCOC1=O)c1ccccc1)c1ccccc1NC(=O)[C@@H]1CCCN1Cc1ccccc1. The highest BCUT2D eigenvalue weighted by Gasteiger charge is 2.36. The van der Waals surface area contributed by atoms with Crippen molar-refractivity contribution in [3.8, 4) is 0 Å². The Morgan fingerprint density at radius 2 is 1.66 bits per heavy atom. The van der Waals surface area contributed by atoms with Gasteiger partial charge in [-0.15, -0.1) is 0 Å². The van der Waals surface area contributed by atoms with Crippen LogP contribution in [0.25, 0.3) is 0 Å². The number of carbonyl (C=O) groups is 4. The quantitative estimate of drug-likeness (QED) is 0.307. The molecule has 0 saturated carbocycles. The lowest BCUT2D eigenvalue weighted by Crippen LogP contribution is -2.39. The number of carbonyl (C=O) groups excluding carboxylic acids is 3. The zero-order valence-corrected chi connectivity index (χ0v) is 24.6. The number of aliphatic imine (C=N–C) groups is 1. The van der Waals surface area contributed by atoms with Gasteiger partial charge in [-0.3, -0.25) is 19.5 Å². The standard InChI is InChI=1S/C34H36N4O6/c1-23(35-31(33(41)42)27(25-13-6-3-7-14-25)21-30(39)38-19-20-44-34(38)43)26-15-8-9-16-28(26)36-32(40)29-17-10-18-37(29)22-24-11-4-2-5-12-24/h2-9,11-16,27,29,31H,10,17-22H2,1H3,(H,36,40)(H,41,42)/t27-,29+,31+/m1/s1. The van der Waals surface area contributed by atoms with E-state index in [1.54, 1.807) is 61.5 Å². The van der Waals surface area contributed by atoms with E-state index in [0.29, 0.717) is 29.1 Å². The van der Waals surface area contributed by atoms with Crippen molar-refractivity contribution < 1.29 is 29.0 Å². The molecule has 2 aliphatic rings. The second kappa shape index (κ2) is 14.1. The number of amides is 3. The Balaban J connectivity index is 1.39. The normalized spacial score (nSPS) is 18.5. The molecule has 5 rings (SSSR count). The van der Waals surface area contributed by atoms with Gasteiger partial charge in [0.2, 0.25) is 11.8 Å². The van der Waals surface area contributed by atoms with Crippen LogP contribution in [0.3, 0.4) is 0 Å². The molecule has 3 atom stereocenters. The molecule has 3 aromatic rings. The van der Waals surface area contributed by atoms with Crippen LogP contribution in [0.15, 0.2) is 89.9 Å². The Labute approximate surface area is 256 Å². The number of imide groups is 1. The molecule has 0 aromatic heterocycles. The topological polar surface area (TPSA) is 129 Å². The maximum Gasteiger partial charge on any atom is 0.416 e. The van der Waals surface area contributed by atoms with Crippen molar-refractivity contribution in [1.82, 2.24) is 9.80 Å². The Bertz CT molecular complexity index is 1530. The van der Waals surface area contributed by atoms with Crippen molar-refractivity contribution >= 4 is 35.3 Å². The average Bonchev–Trinajstić information content (AvgIpc) is 3.68. The molecule has 2 aliphatic heterocycles. The first-order chi connectivity index (χ1) is 21.3. The van der Waals surface area contributed by atoms with E-state index in [0.717, 1.165) is 29.8 Å². The Hall–Kier alpha value is -4.83. The summed E-state index contributed by atoms with van der Waals surface area (Å²) < 4.78 is 4.91. The van der Waals surface area contributed by atoms with Crippen LogP contribution in [0.5, 0.6) is 0 Å². The van der Waals surface area contributed by atoms with E-state index < -0.39 is 29.9 Å². The summed E-state index contributed by atoms with van der Waals surface area (Å²) >= 11 is 0. The van der Waals surface area contributed by atoms with Crippen LogP contribution in [-0.2, 0) is 25.7 Å². The number of carboxylic acids is 1. The monoisotopic (exact) mass is 596 g/mol. The minimum atomic E-state index is -1.33. The predicted molar refractivity (Wildman–Crippen MR) is 165 cm³/mol. The van der Waals surface area contributed by atoms with Crippen LogP contribution < -0.4 is 5.32 Å². The molecule has 44 heavy (non-hydrogen) atoms. The van der Waals surface area contributed by atoms with Crippen LogP contribution in [0.4, 0.5) is 10.5 Å². The third kappa shape index (κ3) is 7.20. The summed E-state index contributed by atoms with van der Waals surface area (Å²) in [4.78, 5) is 59.1. The summed E-state index contributed by atoms with van der Waals surface area (Å²) in [5, 5.41) is 13.4. The van der Waals surface area contributed by atoms with E-state index in [9.17, 15) is 24.3 Å². The fraction of sp³-hybridized carbons (Fsp3) is 0.324. The number of nitrogens with zero attached hydrogens (tertiary/aromatic N) is 3. The summed E-state index contributed by atoms with van der Waals surface area (Å²) in [6, 6.07) is 24.4. The highest BCUT2D eigenvalue weighted by Crippen LogP contribution is 2.29. The van der Waals surface area contributed by atoms with E-state index in [2.05, 4.69) is 15.2 Å². The number of para-hydroxylation sites is 1. The van der Waals surface area contributed by atoms with Crippen LogP contribution in [-0.4, -0.2) is 76.3 Å². The number of hydrogen-bond donors (Lipinski definition) is 2. The van der Waals surface area contributed by atoms with Gasteiger partial charge in [-0.1, -0.05) is 78.9 Å². The molecule has 2 saturated heterocycles. The molecular weight excluding hydrogens is 560 g/mol. The smallest absolute Gasteiger partial charge is 0.416 e. The molecule has 0 aliphatic carbocycles. The molecule has 0 bridgehead atoms. The second-order valence-electron chi connectivity index (χ2n) is 11.0. The molecule has 0 spiro atoms. The van der Waals surface area contributed by atoms with E-state index >= 15 is 0 Å². The van der Waals surface area contributed by atoms with Gasteiger partial charge in [-0.2, -0.15) is 0 Å². The third-order valence-electron chi connectivity index (χ3n) is 8.12. The number of carboxylic acid groups (broad SMARTS) is 1. The third-order valence-corrected chi connectivity index (χ3v) is 8.12. The first-order valence-electron chi connectivity index (χ1n) is 14.8. The first-order valence-corrected chi connectivity index (χ1v) is 14.8. The molecule has 0 unspecified atom stereocenters. The lowest BCUT2D eigenvalue weighted by atomic mass is 9.88. The van der Waals surface area contributed by atoms with E-state index in [4.69, 9.17) is 4.74 Å². The van der Waals surface area contributed by atoms with Crippen LogP contribution in [0.1, 0.15) is 48.8 Å². The number of benzene rings is 3. The number of likely N-dealkylation sites (tertiary alicyclic amines) is 1. The summed E-state index contributed by atoms with van der Waals surface area (Å²) in [6.45, 7) is 3.42. The van der Waals surface area contributed by atoms with Gasteiger partial charge < -0.3 is 15.2 Å². The van der Waals surface area contributed by atoms with Crippen molar-refractivity contribution in [3.63, 3.8) is 0 Å². The molecule has 0 radical (unpaired) electrons. The highest BCUT2D eigenvalue weighted by molar-refractivity contribution is 6.08. The molecule has 10 heteroatoms. The van der Waals surface area contributed by atoms with Crippen LogP contribution >= 0.6 is 0 Å². The summed E-state index contributed by atoms with van der Waals surface area (Å²) in [5.74, 6) is -2.71. The van der Waals surface area contributed by atoms with Gasteiger partial charge in [-0.25, -0.2) is 14.5 Å². The maximum absolute atomic E-state index is 13.5. The zero-order valence-electron chi connectivity index (χ0n) is 24.6. The largest absolute Gasteiger partial charge is 0.480 e. The molecule has 10 nitrogen and oxygen atoms in total. The van der Waals surface area contributed by atoms with Gasteiger partial charge in [-0.05, 0) is 43.5 Å². The number of anilines is 1. The molecule has 3 amide bonds. The Morgan fingerprint density at radius 1 is 0.977 bits per heavy atom. The second-order valence-corrected chi connectivity index (χ2v) is 11.0. The summed E-state index contributed by atoms with van der Waals surface area (Å²) in [6.07, 6.45) is 0.682. The molecule has 2 heterocycles. The lowest BCUT2D eigenvalue weighted by molar-refractivity contribution is -0.139. The number of aliphatic carboxylic acids is 1. The van der Waals surface area contributed by atoms with Gasteiger partial charge >= 0.3 is 12.1 Å². The van der Waals surface area contributed by atoms with E-state index in [-0.39, 0.29) is 31.5 Å². The molecule has 3 aromatic carbocycles. The van der Waals surface area contributed by atoms with Gasteiger partial charge in [0.05, 0.1) is 12.6 Å². The summed E-state index contributed by atoms with van der Waals surface area (Å²) in [7, 11) is 0. The minimum Gasteiger partial charge on any atom is -0.480 e. The van der Waals surface area contributed by atoms with Gasteiger partial charge in [0.25, 0.3) is 0 Å². The van der Waals surface area contributed by atoms with Crippen LogP contribution in [0, 0.1) is 0 Å². The summed E-state index contributed by atoms with van der Waals surface area (Å²) in [5.41, 5.74) is 3.26. The van der Waals surface area contributed by atoms with Gasteiger partial charge in [0.1, 0.15) is 6.61 Å². The first kappa shape index (κ1) is 30.6. The van der Waals surface area contributed by atoms with Crippen molar-refractivity contribution in [2.24, 2.45) is 4.99 Å². The zero-order chi connectivity index (χ0) is 31.1. The van der Waals surface area contributed by atoms with E-state index in [1.807, 2.05) is 30.3 Å². The average molecular weight is 597 g/mol. The fourth-order valence-electron chi connectivity index (χ4n) is 5.88. The van der Waals surface area contributed by atoms with Crippen molar-refractivity contribution in [1.29, 1.82) is 0 Å². The molecule has 2 N–H and O–H groups in total. The van der Waals surface area contributed by atoms with E-state index in [1.165, 1.54) is 0 Å². The van der Waals surface area contributed by atoms with Crippen molar-refractivity contribution in [2.75, 3.05) is 25.0 Å². The van der Waals surface area contributed by atoms with Crippen LogP contribution in [0.2, 0.25) is 0 Å². The molecule has 2 fully saturated rings. The van der Waals surface area contributed by atoms with Crippen molar-refractivity contribution in [3.05, 3.63) is 102 Å². The van der Waals surface area contributed by atoms with Gasteiger partial charge in [0, 0.05) is 35.8 Å². The Morgan fingerprint density at radius 3 is 2.34 bits per heavy atom. The number of rotatable bonds is 11. The number of nitrogens with one attached hydrogen (secondary N) is 1. The number of cyclic esters (lactones) is 1. The predicted octanol–water partition coefficient (Wildman–Crippen LogP) is 4.70. The number of hydrogen-bond acceptors (Lipinski definition) is 7. The minimum absolute atomic E-state index is 0.105. The van der Waals surface area contributed by atoms with Crippen molar-refractivity contribution in [2.45, 2.75) is 50.7 Å². The van der Waals surface area contributed by atoms with Gasteiger partial charge in [0.15, 0.2) is 6.04 Å². The Kier molecular flexibility index (Phi) is 9.81. The lowest BCUT2D eigenvalue weighted by Gasteiger charge is -2.25. The fourth-order valence-corrected chi connectivity index (χ4v) is 5.88. The maximum atomic E-state index is 13.5. The molecule has 228 valence electrons.